The molecule has 0 radical (unpaired) electrons. The number of carbonyl (C=O) groups is 1. The largest absolute Gasteiger partial charge is 0.358 e. The lowest BCUT2D eigenvalue weighted by atomic mass is 9.69. The Kier molecular flexibility index (Phi) is 3.15. The van der Waals surface area contributed by atoms with Crippen molar-refractivity contribution in [3.8, 4) is 0 Å². The molecule has 1 N–H and O–H groups in total. The van der Waals surface area contributed by atoms with E-state index in [2.05, 4.69) is 67.7 Å². The number of hydrogen-bond donors (Lipinski definition) is 1. The predicted octanol–water partition coefficient (Wildman–Crippen LogP) is 4.89. The first-order chi connectivity index (χ1) is 11.1. The maximum Gasteiger partial charge on any atom is 0.162 e. The number of benzene rings is 2. The number of ketones is 1. The summed E-state index contributed by atoms with van der Waals surface area (Å²) in [4.78, 5) is 12.9. The molecule has 0 saturated carbocycles. The van der Waals surface area contributed by atoms with E-state index in [0.717, 1.165) is 23.4 Å². The molecule has 2 aromatic carbocycles. The maximum atomic E-state index is 12.9. The summed E-state index contributed by atoms with van der Waals surface area (Å²) in [5.74, 6) is 0.333. The number of carbonyl (C=O) groups excluding carboxylic acids is 1. The Labute approximate surface area is 137 Å². The zero-order chi connectivity index (χ0) is 16.0. The second kappa shape index (κ2) is 5.09. The molecule has 0 saturated heterocycles. The third-order valence-electron chi connectivity index (χ3n) is 4.90. The van der Waals surface area contributed by atoms with Gasteiger partial charge in [-0.25, -0.2) is 0 Å². The minimum Gasteiger partial charge on any atom is -0.358 e. The van der Waals surface area contributed by atoms with Crippen molar-refractivity contribution < 1.29 is 4.79 Å². The molecule has 1 unspecified atom stereocenters. The van der Waals surface area contributed by atoms with Gasteiger partial charge < -0.3 is 5.32 Å². The zero-order valence-corrected chi connectivity index (χ0v) is 13.6. The van der Waals surface area contributed by atoms with Crippen LogP contribution in [0.2, 0.25) is 0 Å². The van der Waals surface area contributed by atoms with E-state index < -0.39 is 0 Å². The average Bonchev–Trinajstić information content (AvgIpc) is 2.52. The highest BCUT2D eigenvalue weighted by Gasteiger charge is 2.40. The Balaban J connectivity index is 1.93. The highest BCUT2D eigenvalue weighted by molar-refractivity contribution is 6.01. The standard InChI is InChI=1S/C21H21NO/c1-21(2)12-17-20(18(23)13-21)19(14-8-4-3-5-9-14)15-10-6-7-11-16(15)22-17/h3-11,19,22H,12-13H2,1-2H3. The van der Waals surface area contributed by atoms with Gasteiger partial charge in [0.2, 0.25) is 0 Å². The van der Waals surface area contributed by atoms with Crippen LogP contribution in [0.15, 0.2) is 65.9 Å². The van der Waals surface area contributed by atoms with Gasteiger partial charge >= 0.3 is 0 Å². The van der Waals surface area contributed by atoms with Crippen LogP contribution < -0.4 is 5.32 Å². The summed E-state index contributed by atoms with van der Waals surface area (Å²) in [5.41, 5.74) is 5.63. The second-order valence-corrected chi connectivity index (χ2v) is 7.39. The smallest absolute Gasteiger partial charge is 0.162 e. The molecule has 1 aliphatic heterocycles. The lowest BCUT2D eigenvalue weighted by molar-refractivity contribution is -0.118. The monoisotopic (exact) mass is 303 g/mol. The molecule has 0 aromatic heterocycles. The van der Waals surface area contributed by atoms with Crippen LogP contribution in [0.3, 0.4) is 0 Å². The minimum absolute atomic E-state index is 0.0242. The Bertz CT molecular complexity index is 802. The molecule has 4 rings (SSSR count). The van der Waals surface area contributed by atoms with Crippen molar-refractivity contribution in [2.75, 3.05) is 5.32 Å². The summed E-state index contributed by atoms with van der Waals surface area (Å²) >= 11 is 0. The van der Waals surface area contributed by atoms with Gasteiger partial charge in [-0.2, -0.15) is 0 Å². The van der Waals surface area contributed by atoms with E-state index in [1.807, 2.05) is 6.07 Å². The van der Waals surface area contributed by atoms with Crippen LogP contribution in [-0.2, 0) is 4.79 Å². The third kappa shape index (κ3) is 2.39. The van der Waals surface area contributed by atoms with Crippen LogP contribution in [0, 0.1) is 5.41 Å². The summed E-state index contributed by atoms with van der Waals surface area (Å²) < 4.78 is 0. The molecule has 0 fully saturated rings. The van der Waals surface area contributed by atoms with E-state index >= 15 is 0 Å². The molecule has 2 nitrogen and oxygen atoms in total. The van der Waals surface area contributed by atoms with E-state index in [-0.39, 0.29) is 17.1 Å². The number of hydrogen-bond acceptors (Lipinski definition) is 2. The summed E-state index contributed by atoms with van der Waals surface area (Å²) in [6, 6.07) is 18.7. The first-order valence-corrected chi connectivity index (χ1v) is 8.22. The highest BCUT2D eigenvalue weighted by atomic mass is 16.1. The molecule has 23 heavy (non-hydrogen) atoms. The Morgan fingerprint density at radius 2 is 1.65 bits per heavy atom. The van der Waals surface area contributed by atoms with Crippen LogP contribution in [0.5, 0.6) is 0 Å². The van der Waals surface area contributed by atoms with Crippen LogP contribution in [0.25, 0.3) is 0 Å². The summed E-state index contributed by atoms with van der Waals surface area (Å²) in [6.07, 6.45) is 1.55. The van der Waals surface area contributed by atoms with Gasteiger partial charge in [-0.1, -0.05) is 62.4 Å². The molecule has 0 spiro atoms. The number of anilines is 1. The fourth-order valence-corrected chi connectivity index (χ4v) is 3.95. The molecule has 116 valence electrons. The zero-order valence-electron chi connectivity index (χ0n) is 13.6. The molecule has 0 amide bonds. The first kappa shape index (κ1) is 14.3. The van der Waals surface area contributed by atoms with Gasteiger partial charge in [0.1, 0.15) is 0 Å². The van der Waals surface area contributed by atoms with Crippen molar-refractivity contribution in [1.82, 2.24) is 0 Å². The molecule has 2 heteroatoms. The maximum absolute atomic E-state index is 12.9. The van der Waals surface area contributed by atoms with Gasteiger partial charge in [-0.3, -0.25) is 4.79 Å². The SMILES string of the molecule is CC1(C)CC(=O)C2=C(C1)Nc1ccccc1C2c1ccccc1. The second-order valence-electron chi connectivity index (χ2n) is 7.39. The van der Waals surface area contributed by atoms with E-state index in [1.165, 1.54) is 11.1 Å². The molecule has 2 aromatic rings. The summed E-state index contributed by atoms with van der Waals surface area (Å²) in [5, 5.41) is 3.54. The third-order valence-corrected chi connectivity index (χ3v) is 4.90. The van der Waals surface area contributed by atoms with Gasteiger partial charge in [0.25, 0.3) is 0 Å². The lowest BCUT2D eigenvalue weighted by Gasteiger charge is -2.39. The predicted molar refractivity (Wildman–Crippen MR) is 93.4 cm³/mol. The summed E-state index contributed by atoms with van der Waals surface area (Å²) in [7, 11) is 0. The molecule has 0 bridgehead atoms. The van der Waals surface area contributed by atoms with Crippen LogP contribution in [0.4, 0.5) is 5.69 Å². The lowest BCUT2D eigenvalue weighted by Crippen LogP contribution is -2.33. The fraction of sp³-hybridized carbons (Fsp3) is 0.286. The van der Waals surface area contributed by atoms with E-state index in [4.69, 9.17) is 0 Å². The van der Waals surface area contributed by atoms with Gasteiger partial charge in [-0.05, 0) is 29.0 Å². The van der Waals surface area contributed by atoms with Gasteiger partial charge in [0, 0.05) is 29.3 Å². The normalized spacial score (nSPS) is 22.2. The summed E-state index contributed by atoms with van der Waals surface area (Å²) in [6.45, 7) is 4.35. The van der Waals surface area contributed by atoms with E-state index in [9.17, 15) is 4.79 Å². The molecule has 1 heterocycles. The van der Waals surface area contributed by atoms with Crippen LogP contribution in [-0.4, -0.2) is 5.78 Å². The first-order valence-electron chi connectivity index (χ1n) is 8.22. The van der Waals surface area contributed by atoms with Gasteiger partial charge in [-0.15, -0.1) is 0 Å². The minimum atomic E-state index is 0.0242. The number of para-hydroxylation sites is 1. The van der Waals surface area contributed by atoms with Crippen molar-refractivity contribution in [3.05, 3.63) is 77.0 Å². The van der Waals surface area contributed by atoms with Crippen molar-refractivity contribution in [2.45, 2.75) is 32.6 Å². The van der Waals surface area contributed by atoms with Crippen molar-refractivity contribution >= 4 is 11.5 Å². The topological polar surface area (TPSA) is 29.1 Å². The van der Waals surface area contributed by atoms with Crippen molar-refractivity contribution in [3.63, 3.8) is 0 Å². The molecule has 1 atom stereocenters. The Morgan fingerprint density at radius 1 is 0.957 bits per heavy atom. The number of rotatable bonds is 1. The quantitative estimate of drug-likeness (QED) is 0.813. The van der Waals surface area contributed by atoms with Crippen molar-refractivity contribution in [2.24, 2.45) is 5.41 Å². The molecule has 1 aliphatic carbocycles. The fourth-order valence-electron chi connectivity index (χ4n) is 3.95. The van der Waals surface area contributed by atoms with E-state index in [0.29, 0.717) is 6.42 Å². The van der Waals surface area contributed by atoms with Crippen LogP contribution in [0.1, 0.15) is 43.7 Å². The van der Waals surface area contributed by atoms with Crippen molar-refractivity contribution in [1.29, 1.82) is 0 Å². The average molecular weight is 303 g/mol. The number of nitrogens with one attached hydrogen (secondary N) is 1. The van der Waals surface area contributed by atoms with E-state index in [1.54, 1.807) is 0 Å². The number of allylic oxidation sites excluding steroid dienone is 2. The van der Waals surface area contributed by atoms with Gasteiger partial charge in [0.15, 0.2) is 5.78 Å². The Morgan fingerprint density at radius 3 is 2.43 bits per heavy atom. The number of Topliss-reactive ketones (excluding diaryl/α,β-unsaturated/α-hetero) is 1. The highest BCUT2D eigenvalue weighted by Crippen LogP contribution is 2.48. The van der Waals surface area contributed by atoms with Gasteiger partial charge in [0.05, 0.1) is 0 Å². The molecular weight excluding hydrogens is 282 g/mol. The van der Waals surface area contributed by atoms with Crippen LogP contribution >= 0.6 is 0 Å². The molecular formula is C21H21NO. The number of fused-ring (bicyclic) bond motifs is 1. The molecule has 2 aliphatic rings. The Hall–Kier alpha value is -2.35.